The number of rotatable bonds is 6. The van der Waals surface area contributed by atoms with Gasteiger partial charge in [-0.3, -0.25) is 9.59 Å². The zero-order valence-electron chi connectivity index (χ0n) is 24.5. The van der Waals surface area contributed by atoms with E-state index in [-0.39, 0.29) is 35.1 Å². The first-order chi connectivity index (χ1) is 18.5. The number of anilines is 1. The lowest BCUT2D eigenvalue weighted by molar-refractivity contribution is -0.123. The third-order valence-corrected chi connectivity index (χ3v) is 8.02. The summed E-state index contributed by atoms with van der Waals surface area (Å²) in [5.74, 6) is 0.164. The van der Waals surface area contributed by atoms with Crippen LogP contribution in [0.4, 0.5) is 5.69 Å². The van der Waals surface area contributed by atoms with Crippen LogP contribution in [0.15, 0.2) is 66.4 Å². The summed E-state index contributed by atoms with van der Waals surface area (Å²) in [7, 11) is 5.65. The molecule has 1 aliphatic heterocycles. The number of hydrogen-bond acceptors (Lipinski definition) is 4. The van der Waals surface area contributed by atoms with Crippen molar-refractivity contribution >= 4 is 17.5 Å². The fourth-order valence-corrected chi connectivity index (χ4v) is 5.81. The molecule has 2 aromatic carbocycles. The third-order valence-electron chi connectivity index (χ3n) is 8.02. The molecule has 0 bridgehead atoms. The smallest absolute Gasteiger partial charge is 0.258 e. The second-order valence-corrected chi connectivity index (χ2v) is 12.0. The van der Waals surface area contributed by atoms with Gasteiger partial charge < -0.3 is 19.9 Å². The van der Waals surface area contributed by atoms with Crippen molar-refractivity contribution in [2.75, 3.05) is 33.1 Å². The molecule has 39 heavy (non-hydrogen) atoms. The predicted molar refractivity (Wildman–Crippen MR) is 158 cm³/mol. The second kappa shape index (κ2) is 11.7. The Morgan fingerprint density at radius 1 is 1.10 bits per heavy atom. The first-order valence-corrected chi connectivity index (χ1v) is 13.9. The van der Waals surface area contributed by atoms with Crippen LogP contribution in [-0.2, 0) is 10.2 Å². The van der Waals surface area contributed by atoms with E-state index in [9.17, 15) is 9.59 Å². The number of nitrogens with one attached hydrogen (secondary N) is 1. The van der Waals surface area contributed by atoms with Crippen LogP contribution in [0.1, 0.15) is 61.5 Å². The Morgan fingerprint density at radius 3 is 2.49 bits per heavy atom. The summed E-state index contributed by atoms with van der Waals surface area (Å²) in [4.78, 5) is 32.1. The van der Waals surface area contributed by atoms with Gasteiger partial charge in [-0.2, -0.15) is 0 Å². The van der Waals surface area contributed by atoms with Gasteiger partial charge in [0, 0.05) is 37.9 Å². The van der Waals surface area contributed by atoms with E-state index in [4.69, 9.17) is 4.74 Å². The van der Waals surface area contributed by atoms with Gasteiger partial charge in [0.1, 0.15) is 5.75 Å². The van der Waals surface area contributed by atoms with Gasteiger partial charge in [-0.25, -0.2) is 0 Å². The summed E-state index contributed by atoms with van der Waals surface area (Å²) < 4.78 is 5.60. The van der Waals surface area contributed by atoms with E-state index in [0.29, 0.717) is 17.9 Å². The minimum Gasteiger partial charge on any atom is -0.496 e. The van der Waals surface area contributed by atoms with E-state index in [1.165, 1.54) is 5.56 Å². The molecule has 3 atom stereocenters. The van der Waals surface area contributed by atoms with Crippen LogP contribution in [0, 0.1) is 18.8 Å². The van der Waals surface area contributed by atoms with Crippen molar-refractivity contribution in [1.29, 1.82) is 0 Å². The van der Waals surface area contributed by atoms with Gasteiger partial charge in [-0.15, -0.1) is 0 Å². The topological polar surface area (TPSA) is 61.9 Å². The molecule has 1 aliphatic carbocycles. The highest BCUT2D eigenvalue weighted by Gasteiger charge is 2.43. The van der Waals surface area contributed by atoms with Crippen molar-refractivity contribution in [3.05, 3.63) is 83.1 Å². The molecule has 6 nitrogen and oxygen atoms in total. The number of aryl methyl sites for hydroxylation is 1. The first kappa shape index (κ1) is 28.5. The fourth-order valence-electron chi connectivity index (χ4n) is 5.81. The molecule has 0 aromatic heterocycles. The summed E-state index contributed by atoms with van der Waals surface area (Å²) in [6.45, 7) is 9.05. The minimum absolute atomic E-state index is 0.0205. The maximum Gasteiger partial charge on any atom is 0.258 e. The Labute approximate surface area is 233 Å². The number of hydrogen-bond donors (Lipinski definition) is 1. The molecular weight excluding hydrogens is 486 g/mol. The van der Waals surface area contributed by atoms with Gasteiger partial charge in [0.05, 0.1) is 24.6 Å². The zero-order valence-corrected chi connectivity index (χ0v) is 24.5. The summed E-state index contributed by atoms with van der Waals surface area (Å²) in [6, 6.07) is 13.5. The lowest BCUT2D eigenvalue weighted by Gasteiger charge is -2.44. The fraction of sp³-hybridized carbons (Fsp3) is 0.455. The molecule has 208 valence electrons. The Morgan fingerprint density at radius 2 is 1.85 bits per heavy atom. The Kier molecular flexibility index (Phi) is 8.53. The number of carbonyl (C=O) groups is 2. The van der Waals surface area contributed by atoms with E-state index in [0.717, 1.165) is 36.2 Å². The highest BCUT2D eigenvalue weighted by Crippen LogP contribution is 2.37. The van der Waals surface area contributed by atoms with Crippen LogP contribution in [0.25, 0.3) is 0 Å². The molecular formula is C33H43N3O3. The number of methoxy groups -OCH3 is 1. The van der Waals surface area contributed by atoms with Gasteiger partial charge in [0.15, 0.2) is 0 Å². The van der Waals surface area contributed by atoms with Crippen molar-refractivity contribution in [2.45, 2.75) is 58.4 Å². The molecule has 0 spiro atoms. The van der Waals surface area contributed by atoms with Crippen molar-refractivity contribution < 1.29 is 14.3 Å². The zero-order chi connectivity index (χ0) is 28.3. The maximum absolute atomic E-state index is 14.2. The third kappa shape index (κ3) is 6.21. The van der Waals surface area contributed by atoms with Gasteiger partial charge in [0.25, 0.3) is 5.91 Å². The van der Waals surface area contributed by atoms with Crippen LogP contribution in [0.5, 0.6) is 5.75 Å². The SMILES string of the molecule is COc1cccc(C)c1C(=O)N1CCCC(C(=O)Nc2cccc(C(C)(C)C)c2)[C@@H]1C1C=CC(N(C)C)=CC1. The monoisotopic (exact) mass is 529 g/mol. The molecule has 2 aromatic rings. The number of carbonyl (C=O) groups excluding carboxylic acids is 2. The highest BCUT2D eigenvalue weighted by atomic mass is 16.5. The molecule has 2 aliphatic rings. The van der Waals surface area contributed by atoms with Gasteiger partial charge in [0.2, 0.25) is 5.91 Å². The van der Waals surface area contributed by atoms with Gasteiger partial charge in [-0.05, 0) is 67.0 Å². The van der Waals surface area contributed by atoms with Crippen LogP contribution in [0.3, 0.4) is 0 Å². The quantitative estimate of drug-likeness (QED) is 0.485. The largest absolute Gasteiger partial charge is 0.496 e. The van der Waals surface area contributed by atoms with E-state index in [2.05, 4.69) is 61.3 Å². The molecule has 0 saturated carbocycles. The van der Waals surface area contributed by atoms with Crippen molar-refractivity contribution in [3.8, 4) is 5.75 Å². The number of likely N-dealkylation sites (tertiary alicyclic amines) is 1. The Balaban J connectivity index is 1.69. The average Bonchev–Trinajstić information content (AvgIpc) is 2.91. The number of likely N-dealkylation sites (N-methyl/N-ethyl adjacent to an activating group) is 1. The first-order valence-electron chi connectivity index (χ1n) is 13.9. The number of amides is 2. The number of benzene rings is 2. The normalized spacial score (nSPS) is 21.3. The summed E-state index contributed by atoms with van der Waals surface area (Å²) in [6.07, 6.45) is 8.78. The van der Waals surface area contributed by atoms with Crippen molar-refractivity contribution in [3.63, 3.8) is 0 Å². The Bertz CT molecular complexity index is 1270. The van der Waals surface area contributed by atoms with Crippen LogP contribution in [0.2, 0.25) is 0 Å². The molecule has 1 saturated heterocycles. The summed E-state index contributed by atoms with van der Waals surface area (Å²) in [5, 5.41) is 3.20. The van der Waals surface area contributed by atoms with Crippen LogP contribution < -0.4 is 10.1 Å². The lowest BCUT2D eigenvalue weighted by atomic mass is 9.77. The van der Waals surface area contributed by atoms with Crippen LogP contribution >= 0.6 is 0 Å². The standard InChI is InChI=1S/C33H43N3O3/c1-22-11-8-15-28(39-7)29(22)32(38)36-20-10-14-27(30(36)23-16-18-26(19-17-23)35(5)6)31(37)34-25-13-9-12-24(21-25)33(2,3)4/h8-9,11-13,15-16,18-19,21,23,27,30H,10,14,17,20H2,1-7H3,(H,34,37)/t23?,27?,30-/m0/s1. The molecule has 1 heterocycles. The van der Waals surface area contributed by atoms with Gasteiger partial charge >= 0.3 is 0 Å². The average molecular weight is 530 g/mol. The summed E-state index contributed by atoms with van der Waals surface area (Å²) >= 11 is 0. The van der Waals surface area contributed by atoms with Crippen molar-refractivity contribution in [2.24, 2.45) is 11.8 Å². The number of piperidine rings is 1. The van der Waals surface area contributed by atoms with E-state index >= 15 is 0 Å². The molecule has 1 fully saturated rings. The molecule has 1 N–H and O–H groups in total. The lowest BCUT2D eigenvalue weighted by Crippen LogP contribution is -2.55. The Hall–Kier alpha value is -3.54. The minimum atomic E-state index is -0.333. The molecule has 2 unspecified atom stereocenters. The second-order valence-electron chi connectivity index (χ2n) is 12.0. The number of nitrogens with zero attached hydrogens (tertiary/aromatic N) is 2. The predicted octanol–water partition coefficient (Wildman–Crippen LogP) is 6.18. The number of ether oxygens (including phenoxy) is 1. The maximum atomic E-state index is 14.2. The molecule has 4 rings (SSSR count). The molecule has 2 amide bonds. The van der Waals surface area contributed by atoms with E-state index < -0.39 is 0 Å². The van der Waals surface area contributed by atoms with E-state index in [1.54, 1.807) is 7.11 Å². The van der Waals surface area contributed by atoms with Crippen molar-refractivity contribution in [1.82, 2.24) is 9.80 Å². The van der Waals surface area contributed by atoms with E-state index in [1.807, 2.05) is 56.3 Å². The highest BCUT2D eigenvalue weighted by molar-refractivity contribution is 6.00. The molecule has 0 radical (unpaired) electrons. The van der Waals surface area contributed by atoms with Gasteiger partial charge in [-0.1, -0.05) is 57.2 Å². The number of allylic oxidation sites excluding steroid dienone is 2. The van der Waals surface area contributed by atoms with Crippen LogP contribution in [-0.4, -0.2) is 55.4 Å². The molecule has 6 heteroatoms. The summed E-state index contributed by atoms with van der Waals surface area (Å²) in [5.41, 5.74) is 4.53.